The van der Waals surface area contributed by atoms with E-state index >= 15 is 0 Å². The van der Waals surface area contributed by atoms with Gasteiger partial charge in [0, 0.05) is 21.7 Å². The summed E-state index contributed by atoms with van der Waals surface area (Å²) in [5, 5.41) is 1.09. The maximum atomic E-state index is 8.59. The summed E-state index contributed by atoms with van der Waals surface area (Å²) in [5.74, 6) is 0.995. The highest BCUT2D eigenvalue weighted by Crippen LogP contribution is 2.45. The average molecular weight is 420 g/mol. The summed E-state index contributed by atoms with van der Waals surface area (Å²) < 4.78 is 46.1. The van der Waals surface area contributed by atoms with Crippen LogP contribution in [0.15, 0.2) is 119 Å². The standard InChI is InChI=1S/C26H18BN3S/c1-3-9-19(10-4-1)20-17-22-26-23(18-20)31-25-14-8-16-29(25)27(26)28-15-7-13-24(28)30(22)21-11-5-2-6-12-21/h1-18H/i1D,3D,4D,9D,10D. The molecule has 0 unspecified atom stereocenters. The molecule has 5 heteroatoms. The van der Waals surface area contributed by atoms with Gasteiger partial charge in [0.2, 0.25) is 0 Å². The van der Waals surface area contributed by atoms with Crippen molar-refractivity contribution in [1.82, 2.24) is 8.96 Å². The Bertz CT molecular complexity index is 1670. The first kappa shape index (κ1) is 13.0. The summed E-state index contributed by atoms with van der Waals surface area (Å²) in [7, 11) is 0. The maximum absolute atomic E-state index is 8.59. The van der Waals surface area contributed by atoms with Crippen molar-refractivity contribution in [3.63, 3.8) is 0 Å². The zero-order valence-electron chi connectivity index (χ0n) is 21.3. The van der Waals surface area contributed by atoms with Crippen LogP contribution in [-0.4, -0.2) is 15.9 Å². The van der Waals surface area contributed by atoms with E-state index < -0.39 is 0 Å². The predicted octanol–water partition coefficient (Wildman–Crippen LogP) is 6.00. The van der Waals surface area contributed by atoms with E-state index in [1.807, 2.05) is 42.5 Å². The second-order valence-electron chi connectivity index (χ2n) is 7.58. The lowest BCUT2D eigenvalue weighted by atomic mass is 9.64. The van der Waals surface area contributed by atoms with Crippen LogP contribution in [0.4, 0.5) is 17.2 Å². The van der Waals surface area contributed by atoms with E-state index in [0.717, 1.165) is 32.6 Å². The molecule has 0 saturated carbocycles. The van der Waals surface area contributed by atoms with Crippen LogP contribution in [-0.2, 0) is 0 Å². The first-order valence-electron chi connectivity index (χ1n) is 12.6. The third kappa shape index (κ3) is 2.44. The molecule has 2 aliphatic heterocycles. The van der Waals surface area contributed by atoms with E-state index in [2.05, 4.69) is 50.5 Å². The Balaban J connectivity index is 1.57. The van der Waals surface area contributed by atoms with Crippen LogP contribution in [0.3, 0.4) is 0 Å². The van der Waals surface area contributed by atoms with Crippen molar-refractivity contribution in [2.75, 3.05) is 4.90 Å². The number of anilines is 3. The van der Waals surface area contributed by atoms with E-state index in [1.54, 1.807) is 11.8 Å². The largest absolute Gasteiger partial charge is 0.424 e. The molecular weight excluding hydrogens is 397 g/mol. The van der Waals surface area contributed by atoms with Gasteiger partial charge in [0.1, 0.15) is 5.82 Å². The van der Waals surface area contributed by atoms with Crippen molar-refractivity contribution < 1.29 is 6.85 Å². The molecule has 31 heavy (non-hydrogen) atoms. The highest BCUT2D eigenvalue weighted by Gasteiger charge is 2.41. The lowest BCUT2D eigenvalue weighted by molar-refractivity contribution is 0.959. The first-order valence-corrected chi connectivity index (χ1v) is 10.9. The molecule has 0 fully saturated rings. The topological polar surface area (TPSA) is 13.1 Å². The zero-order chi connectivity index (χ0) is 24.7. The Morgan fingerprint density at radius 3 is 2.45 bits per heavy atom. The van der Waals surface area contributed by atoms with Crippen molar-refractivity contribution in [1.29, 1.82) is 0 Å². The van der Waals surface area contributed by atoms with E-state index in [-0.39, 0.29) is 42.8 Å². The summed E-state index contributed by atoms with van der Waals surface area (Å²) >= 11 is 1.63. The van der Waals surface area contributed by atoms with Gasteiger partial charge >= 0.3 is 6.98 Å². The Labute approximate surface area is 192 Å². The highest BCUT2D eigenvalue weighted by atomic mass is 32.2. The molecule has 0 aliphatic carbocycles. The monoisotopic (exact) mass is 420 g/mol. The van der Waals surface area contributed by atoms with Gasteiger partial charge in [0.05, 0.1) is 11.9 Å². The van der Waals surface area contributed by atoms with E-state index in [1.165, 1.54) is 0 Å². The normalized spacial score (nSPS) is 15.8. The summed E-state index contributed by atoms with van der Waals surface area (Å²) in [6, 6.07) is 20.8. The van der Waals surface area contributed by atoms with E-state index in [0.29, 0.717) is 5.56 Å². The number of nitrogens with zero attached hydrogens (tertiary/aromatic N) is 3. The SMILES string of the molecule is [2H]c1c([2H])c([2H])c(-c2cc3c4c(c2)N(c2ccccc2)c2cccn2B4n2cccc2S3)c([2H])c1[2H]. The smallest absolute Gasteiger partial charge is 0.362 e. The quantitative estimate of drug-likeness (QED) is 0.319. The second-order valence-corrected chi connectivity index (χ2v) is 8.64. The van der Waals surface area contributed by atoms with Crippen LogP contribution in [0.25, 0.3) is 11.1 Å². The van der Waals surface area contributed by atoms with Gasteiger partial charge in [-0.25, -0.2) is 0 Å². The molecule has 0 radical (unpaired) electrons. The number of aromatic nitrogens is 2. The lowest BCUT2D eigenvalue weighted by Gasteiger charge is -2.40. The fraction of sp³-hybridized carbons (Fsp3) is 0. The lowest BCUT2D eigenvalue weighted by Crippen LogP contribution is -2.53. The molecule has 3 aromatic carbocycles. The van der Waals surface area contributed by atoms with E-state index in [9.17, 15) is 0 Å². The number of benzene rings is 3. The molecule has 2 aliphatic rings. The number of hydrogen-bond acceptors (Lipinski definition) is 2. The third-order valence-electron chi connectivity index (χ3n) is 5.89. The van der Waals surface area contributed by atoms with Gasteiger partial charge in [-0.15, -0.1) is 0 Å². The molecular formula is C26H18BN3S. The molecule has 4 heterocycles. The Kier molecular flexibility index (Phi) is 2.71. The number of para-hydroxylation sites is 1. The summed E-state index contributed by atoms with van der Waals surface area (Å²) in [6.07, 6.45) is 4.18. The molecule has 3 nitrogen and oxygen atoms in total. The van der Waals surface area contributed by atoms with Crippen molar-refractivity contribution in [2.24, 2.45) is 0 Å². The summed E-state index contributed by atoms with van der Waals surface area (Å²) in [6.45, 7) is -0.0831. The highest BCUT2D eigenvalue weighted by molar-refractivity contribution is 7.99. The molecule has 0 spiro atoms. The molecule has 0 bridgehead atoms. The van der Waals surface area contributed by atoms with Crippen LogP contribution in [0.2, 0.25) is 0 Å². The fourth-order valence-electron chi connectivity index (χ4n) is 4.62. The molecule has 7 rings (SSSR count). The van der Waals surface area contributed by atoms with Crippen molar-refractivity contribution in [3.05, 3.63) is 109 Å². The number of fused-ring (bicyclic) bond motifs is 4. The third-order valence-corrected chi connectivity index (χ3v) is 7.00. The van der Waals surface area contributed by atoms with Gasteiger partial charge < -0.3 is 8.96 Å². The van der Waals surface area contributed by atoms with E-state index in [4.69, 9.17) is 6.85 Å². The van der Waals surface area contributed by atoms with Gasteiger partial charge in [0.25, 0.3) is 0 Å². The maximum Gasteiger partial charge on any atom is 0.424 e. The van der Waals surface area contributed by atoms with Crippen molar-refractivity contribution in [3.8, 4) is 11.1 Å². The minimum atomic E-state index is -0.385. The minimum absolute atomic E-state index is 0.0831. The molecule has 0 saturated heterocycles. The van der Waals surface area contributed by atoms with Crippen LogP contribution in [0, 0.1) is 0 Å². The molecule has 146 valence electrons. The predicted molar refractivity (Wildman–Crippen MR) is 129 cm³/mol. The summed E-state index contributed by atoms with van der Waals surface area (Å²) in [4.78, 5) is 3.19. The van der Waals surface area contributed by atoms with Crippen molar-refractivity contribution >= 4 is 41.4 Å². The fourth-order valence-corrected chi connectivity index (χ4v) is 5.77. The van der Waals surface area contributed by atoms with Gasteiger partial charge in [-0.05, 0) is 72.1 Å². The number of rotatable bonds is 2. The zero-order valence-corrected chi connectivity index (χ0v) is 17.1. The minimum Gasteiger partial charge on any atom is -0.362 e. The molecule has 0 amide bonds. The van der Waals surface area contributed by atoms with Crippen molar-refractivity contribution in [2.45, 2.75) is 9.92 Å². The van der Waals surface area contributed by atoms with Gasteiger partial charge in [-0.2, -0.15) is 0 Å². The first-order chi connectivity index (χ1) is 17.5. The van der Waals surface area contributed by atoms with Gasteiger partial charge in [-0.3, -0.25) is 4.90 Å². The molecule has 2 aromatic heterocycles. The van der Waals surface area contributed by atoms with Gasteiger partial charge in [0.15, 0.2) is 0 Å². The Morgan fingerprint density at radius 1 is 0.774 bits per heavy atom. The molecule has 0 atom stereocenters. The Hall–Kier alpha value is -3.57. The van der Waals surface area contributed by atoms with Crippen LogP contribution >= 0.6 is 11.8 Å². The summed E-state index contributed by atoms with van der Waals surface area (Å²) in [5.41, 5.74) is 3.86. The van der Waals surface area contributed by atoms with Gasteiger partial charge in [-0.1, -0.05) is 60.2 Å². The molecule has 0 N–H and O–H groups in total. The Morgan fingerprint density at radius 2 is 1.58 bits per heavy atom. The van der Waals surface area contributed by atoms with Crippen LogP contribution in [0.5, 0.6) is 0 Å². The molecule has 5 aromatic rings. The van der Waals surface area contributed by atoms with Crippen LogP contribution in [0.1, 0.15) is 6.85 Å². The number of hydrogen-bond donors (Lipinski definition) is 0. The average Bonchev–Trinajstić information content (AvgIpc) is 3.56. The van der Waals surface area contributed by atoms with Crippen LogP contribution < -0.4 is 10.4 Å². The second kappa shape index (κ2) is 6.46.